The third-order valence-electron chi connectivity index (χ3n) is 3.05. The Hall–Kier alpha value is -2.30. The minimum Gasteiger partial charge on any atom is -0.377 e. The van der Waals surface area contributed by atoms with Crippen molar-refractivity contribution in [3.05, 3.63) is 70.8 Å². The van der Waals surface area contributed by atoms with E-state index in [1.54, 1.807) is 0 Å². The second-order valence-corrected chi connectivity index (χ2v) is 5.12. The molecular weight excluding hydrogens is 292 g/mol. The SMILES string of the molecule is C1CO1.C1CO1.O=Cc1ccc(Cc2ccc(C=O)cc2)cc1. The van der Waals surface area contributed by atoms with Crippen LogP contribution in [0.15, 0.2) is 48.5 Å². The van der Waals surface area contributed by atoms with Crippen molar-refractivity contribution in [2.45, 2.75) is 6.42 Å². The summed E-state index contributed by atoms with van der Waals surface area (Å²) < 4.78 is 9.00. The van der Waals surface area contributed by atoms with Gasteiger partial charge >= 0.3 is 0 Å². The average molecular weight is 312 g/mol. The third kappa shape index (κ3) is 8.04. The number of hydrogen-bond acceptors (Lipinski definition) is 4. The van der Waals surface area contributed by atoms with Crippen LogP contribution < -0.4 is 0 Å². The van der Waals surface area contributed by atoms with Crippen LogP contribution in [0.25, 0.3) is 0 Å². The second-order valence-electron chi connectivity index (χ2n) is 5.12. The van der Waals surface area contributed by atoms with Crippen molar-refractivity contribution >= 4 is 12.6 Å². The van der Waals surface area contributed by atoms with Crippen LogP contribution in [0.4, 0.5) is 0 Å². The molecule has 4 heteroatoms. The van der Waals surface area contributed by atoms with Gasteiger partial charge in [0.15, 0.2) is 0 Å². The quantitative estimate of drug-likeness (QED) is 0.643. The van der Waals surface area contributed by atoms with Gasteiger partial charge in [-0.1, -0.05) is 48.5 Å². The van der Waals surface area contributed by atoms with Gasteiger partial charge in [0.1, 0.15) is 12.6 Å². The molecule has 2 heterocycles. The fourth-order valence-corrected chi connectivity index (χ4v) is 1.66. The molecular formula is C19H20O4. The van der Waals surface area contributed by atoms with E-state index >= 15 is 0 Å². The normalized spacial score (nSPS) is 13.6. The average Bonchev–Trinajstić information content (AvgIpc) is 3.47. The highest BCUT2D eigenvalue weighted by Crippen LogP contribution is 2.11. The number of benzene rings is 2. The van der Waals surface area contributed by atoms with Crippen LogP contribution in [0.2, 0.25) is 0 Å². The van der Waals surface area contributed by atoms with E-state index < -0.39 is 0 Å². The lowest BCUT2D eigenvalue weighted by Gasteiger charge is -2.02. The summed E-state index contributed by atoms with van der Waals surface area (Å²) in [5.74, 6) is 0. The lowest BCUT2D eigenvalue weighted by Crippen LogP contribution is -1.89. The molecule has 2 aromatic rings. The summed E-state index contributed by atoms with van der Waals surface area (Å²) in [5, 5.41) is 0. The van der Waals surface area contributed by atoms with Crippen molar-refractivity contribution < 1.29 is 19.1 Å². The molecule has 120 valence electrons. The maximum absolute atomic E-state index is 10.5. The van der Waals surface area contributed by atoms with E-state index in [2.05, 4.69) is 9.47 Å². The standard InChI is InChI=1S/C15H12O2.2C2H4O/c16-10-14-5-1-12(2-6-14)9-13-3-7-15(11-17)8-4-13;2*1-2-3-1/h1-8,10-11H,9H2;2*1-2H2. The van der Waals surface area contributed by atoms with Crippen molar-refractivity contribution in [2.24, 2.45) is 0 Å². The molecule has 2 aliphatic rings. The molecule has 0 spiro atoms. The Morgan fingerprint density at radius 1 is 0.652 bits per heavy atom. The summed E-state index contributed by atoms with van der Waals surface area (Å²) in [6.45, 7) is 4.00. The Balaban J connectivity index is 0.000000264. The van der Waals surface area contributed by atoms with Crippen LogP contribution in [0.3, 0.4) is 0 Å². The molecule has 0 saturated carbocycles. The van der Waals surface area contributed by atoms with Crippen LogP contribution in [0.1, 0.15) is 31.8 Å². The number of ether oxygens (including phenoxy) is 2. The largest absolute Gasteiger partial charge is 0.377 e. The topological polar surface area (TPSA) is 59.2 Å². The van der Waals surface area contributed by atoms with Crippen molar-refractivity contribution in [1.29, 1.82) is 0 Å². The van der Waals surface area contributed by atoms with Gasteiger partial charge in [-0.05, 0) is 17.5 Å². The Morgan fingerprint density at radius 3 is 1.17 bits per heavy atom. The Labute approximate surface area is 136 Å². The third-order valence-corrected chi connectivity index (χ3v) is 3.05. The highest BCUT2D eigenvalue weighted by atomic mass is 16.6. The van der Waals surface area contributed by atoms with Crippen molar-refractivity contribution in [3.8, 4) is 0 Å². The van der Waals surface area contributed by atoms with E-state index in [0.29, 0.717) is 11.1 Å². The van der Waals surface area contributed by atoms with Gasteiger partial charge in [-0.2, -0.15) is 0 Å². The minimum absolute atomic E-state index is 0.685. The first-order valence-corrected chi connectivity index (χ1v) is 7.55. The zero-order valence-electron chi connectivity index (χ0n) is 12.9. The van der Waals surface area contributed by atoms with E-state index in [-0.39, 0.29) is 0 Å². The summed E-state index contributed by atoms with van der Waals surface area (Å²) >= 11 is 0. The van der Waals surface area contributed by atoms with Crippen LogP contribution in [-0.4, -0.2) is 39.0 Å². The number of epoxide rings is 2. The van der Waals surface area contributed by atoms with Crippen molar-refractivity contribution in [1.82, 2.24) is 0 Å². The van der Waals surface area contributed by atoms with Crippen molar-refractivity contribution in [2.75, 3.05) is 26.4 Å². The summed E-state index contributed by atoms with van der Waals surface area (Å²) in [6.07, 6.45) is 2.48. The Morgan fingerprint density at radius 2 is 0.957 bits per heavy atom. The number of aldehydes is 2. The molecule has 2 aromatic carbocycles. The predicted molar refractivity (Wildman–Crippen MR) is 88.1 cm³/mol. The first-order valence-electron chi connectivity index (χ1n) is 7.55. The molecule has 0 N–H and O–H groups in total. The van der Waals surface area contributed by atoms with E-state index in [4.69, 9.17) is 0 Å². The van der Waals surface area contributed by atoms with Gasteiger partial charge in [-0.3, -0.25) is 9.59 Å². The molecule has 4 nitrogen and oxygen atoms in total. The van der Waals surface area contributed by atoms with Gasteiger partial charge in [0, 0.05) is 11.1 Å². The van der Waals surface area contributed by atoms with E-state index in [9.17, 15) is 9.59 Å². The van der Waals surface area contributed by atoms with Gasteiger partial charge in [0.2, 0.25) is 0 Å². The molecule has 0 bridgehead atoms. The summed E-state index contributed by atoms with van der Waals surface area (Å²) in [4.78, 5) is 21.0. The van der Waals surface area contributed by atoms with Crippen LogP contribution in [-0.2, 0) is 15.9 Å². The molecule has 0 unspecified atom stereocenters. The van der Waals surface area contributed by atoms with Crippen LogP contribution in [0, 0.1) is 0 Å². The van der Waals surface area contributed by atoms with Gasteiger partial charge in [-0.15, -0.1) is 0 Å². The minimum atomic E-state index is 0.685. The molecule has 23 heavy (non-hydrogen) atoms. The zero-order chi connectivity index (χ0) is 16.3. The molecule has 0 aromatic heterocycles. The first kappa shape index (κ1) is 17.1. The summed E-state index contributed by atoms with van der Waals surface area (Å²) in [6, 6.07) is 15.0. The molecule has 0 radical (unpaired) electrons. The Bertz CT molecular complexity index is 537. The summed E-state index contributed by atoms with van der Waals surface area (Å²) in [5.41, 5.74) is 3.67. The van der Waals surface area contributed by atoms with Gasteiger partial charge in [0.05, 0.1) is 26.4 Å². The van der Waals surface area contributed by atoms with Gasteiger partial charge in [-0.25, -0.2) is 0 Å². The zero-order valence-corrected chi connectivity index (χ0v) is 12.9. The molecule has 2 fully saturated rings. The maximum atomic E-state index is 10.5. The molecule has 2 aliphatic heterocycles. The van der Waals surface area contributed by atoms with Crippen molar-refractivity contribution in [3.63, 3.8) is 0 Å². The van der Waals surface area contributed by atoms with Gasteiger partial charge in [0.25, 0.3) is 0 Å². The highest BCUT2D eigenvalue weighted by Gasteiger charge is 1.97. The molecule has 0 aliphatic carbocycles. The fourth-order valence-electron chi connectivity index (χ4n) is 1.66. The van der Waals surface area contributed by atoms with Gasteiger partial charge < -0.3 is 9.47 Å². The van der Waals surface area contributed by atoms with E-state index in [1.165, 1.54) is 0 Å². The number of carbonyl (C=O) groups is 2. The maximum Gasteiger partial charge on any atom is 0.150 e. The van der Waals surface area contributed by atoms with Crippen LogP contribution in [0.5, 0.6) is 0 Å². The van der Waals surface area contributed by atoms with E-state index in [0.717, 1.165) is 56.5 Å². The number of rotatable bonds is 4. The van der Waals surface area contributed by atoms with E-state index in [1.807, 2.05) is 48.5 Å². The number of hydrogen-bond donors (Lipinski definition) is 0. The number of carbonyl (C=O) groups excluding carboxylic acids is 2. The lowest BCUT2D eigenvalue weighted by molar-refractivity contribution is 0.111. The first-order chi connectivity index (χ1) is 11.3. The molecule has 0 amide bonds. The van der Waals surface area contributed by atoms with Crippen LogP contribution >= 0.6 is 0 Å². The smallest absolute Gasteiger partial charge is 0.150 e. The molecule has 2 saturated heterocycles. The predicted octanol–water partition coefficient (Wildman–Crippen LogP) is 2.94. The highest BCUT2D eigenvalue weighted by molar-refractivity contribution is 5.75. The molecule has 4 rings (SSSR count). The monoisotopic (exact) mass is 312 g/mol. The summed E-state index contributed by atoms with van der Waals surface area (Å²) in [7, 11) is 0. The fraction of sp³-hybridized carbons (Fsp3) is 0.263. The Kier molecular flexibility index (Phi) is 7.17. The lowest BCUT2D eigenvalue weighted by atomic mass is 10.0. The second kappa shape index (κ2) is 9.66. The molecule has 0 atom stereocenters.